The van der Waals surface area contributed by atoms with E-state index in [9.17, 15) is 14.4 Å². The van der Waals surface area contributed by atoms with Gasteiger partial charge in [-0.05, 0) is 24.5 Å². The zero-order valence-electron chi connectivity index (χ0n) is 15.2. The number of hydrogen-bond acceptors (Lipinski definition) is 4. The third-order valence-electron chi connectivity index (χ3n) is 4.40. The first kappa shape index (κ1) is 18.6. The number of carbonyl (C=O) groups is 2. The molecule has 0 amide bonds. The van der Waals surface area contributed by atoms with Gasteiger partial charge < -0.3 is 9.72 Å². The molecule has 3 rings (SSSR count). The fourth-order valence-electron chi connectivity index (χ4n) is 2.90. The number of carbonyl (C=O) groups excluding carboxylic acids is 2. The monoisotopic (exact) mass is 363 g/mol. The van der Waals surface area contributed by atoms with Gasteiger partial charge in [0.2, 0.25) is 5.56 Å². The van der Waals surface area contributed by atoms with E-state index in [0.717, 1.165) is 19.3 Å². The smallest absolute Gasteiger partial charge is 0.339 e. The molecule has 3 aromatic rings. The average molecular weight is 363 g/mol. The lowest BCUT2D eigenvalue weighted by Crippen LogP contribution is -2.17. The van der Waals surface area contributed by atoms with Crippen molar-refractivity contribution in [2.24, 2.45) is 0 Å². The molecule has 0 aliphatic rings. The maximum atomic E-state index is 12.4. The number of esters is 1. The molecule has 1 N–H and O–H groups in total. The molecule has 0 unspecified atom stereocenters. The van der Waals surface area contributed by atoms with Gasteiger partial charge in [-0.2, -0.15) is 0 Å². The van der Waals surface area contributed by atoms with Crippen LogP contribution in [0.5, 0.6) is 0 Å². The SMILES string of the molecule is CCCCc1ccc(C(=O)COC(=O)c2cc(=O)[nH]c3ccccc23)cc1. The van der Waals surface area contributed by atoms with Crippen molar-refractivity contribution in [3.8, 4) is 0 Å². The van der Waals surface area contributed by atoms with Crippen molar-refractivity contribution in [1.82, 2.24) is 4.98 Å². The molecular weight excluding hydrogens is 342 g/mol. The molecule has 0 aliphatic heterocycles. The molecule has 1 heterocycles. The molecule has 0 fully saturated rings. The minimum absolute atomic E-state index is 0.150. The Morgan fingerprint density at radius 3 is 2.52 bits per heavy atom. The number of pyridine rings is 1. The van der Waals surface area contributed by atoms with E-state index in [1.54, 1.807) is 36.4 Å². The number of nitrogens with one attached hydrogen (secondary N) is 1. The third-order valence-corrected chi connectivity index (χ3v) is 4.40. The Hall–Kier alpha value is -3.21. The van der Waals surface area contributed by atoms with Crippen molar-refractivity contribution in [3.05, 3.63) is 81.6 Å². The largest absolute Gasteiger partial charge is 0.454 e. The number of aryl methyl sites for hydroxylation is 1. The topological polar surface area (TPSA) is 76.2 Å². The number of aromatic amines is 1. The highest BCUT2D eigenvalue weighted by Gasteiger charge is 2.15. The Balaban J connectivity index is 1.69. The van der Waals surface area contributed by atoms with Crippen LogP contribution in [-0.4, -0.2) is 23.3 Å². The van der Waals surface area contributed by atoms with Gasteiger partial charge in [0.15, 0.2) is 12.4 Å². The summed E-state index contributed by atoms with van der Waals surface area (Å²) in [4.78, 5) is 39.1. The molecule has 138 valence electrons. The van der Waals surface area contributed by atoms with E-state index in [-0.39, 0.29) is 18.0 Å². The Morgan fingerprint density at radius 2 is 1.78 bits per heavy atom. The molecule has 0 radical (unpaired) electrons. The molecule has 0 atom stereocenters. The van der Waals surface area contributed by atoms with E-state index in [2.05, 4.69) is 11.9 Å². The quantitative estimate of drug-likeness (QED) is 0.510. The van der Waals surface area contributed by atoms with Crippen molar-refractivity contribution in [2.45, 2.75) is 26.2 Å². The maximum absolute atomic E-state index is 12.4. The van der Waals surface area contributed by atoms with Crippen LogP contribution >= 0.6 is 0 Å². The van der Waals surface area contributed by atoms with Crippen LogP contribution in [0.1, 0.15) is 46.0 Å². The first-order valence-electron chi connectivity index (χ1n) is 9.00. The van der Waals surface area contributed by atoms with E-state index in [1.165, 1.54) is 11.6 Å². The molecule has 0 aliphatic carbocycles. The summed E-state index contributed by atoms with van der Waals surface area (Å²) in [5, 5.41) is 0.579. The number of H-pyrrole nitrogens is 1. The number of para-hydroxylation sites is 1. The van der Waals surface area contributed by atoms with Crippen LogP contribution in [0.25, 0.3) is 10.9 Å². The highest BCUT2D eigenvalue weighted by molar-refractivity contribution is 6.05. The van der Waals surface area contributed by atoms with Crippen LogP contribution in [0.4, 0.5) is 0 Å². The molecule has 27 heavy (non-hydrogen) atoms. The summed E-state index contributed by atoms with van der Waals surface area (Å²) in [5.41, 5.74) is 1.98. The third kappa shape index (κ3) is 4.50. The Kier molecular flexibility index (Phi) is 5.81. The van der Waals surface area contributed by atoms with Crippen molar-refractivity contribution in [1.29, 1.82) is 0 Å². The van der Waals surface area contributed by atoms with Gasteiger partial charge in [-0.1, -0.05) is 55.8 Å². The lowest BCUT2D eigenvalue weighted by Gasteiger charge is -2.07. The standard InChI is InChI=1S/C22H21NO4/c1-2-3-6-15-9-11-16(12-10-15)20(24)14-27-22(26)18-13-21(25)23-19-8-5-4-7-17(18)19/h4-5,7-13H,2-3,6,14H2,1H3,(H,23,25). The van der Waals surface area contributed by atoms with Crippen LogP contribution in [0, 0.1) is 0 Å². The number of unbranched alkanes of at least 4 members (excludes halogenated alkanes) is 1. The van der Waals surface area contributed by atoms with E-state index < -0.39 is 11.5 Å². The lowest BCUT2D eigenvalue weighted by atomic mass is 10.0. The van der Waals surface area contributed by atoms with Crippen LogP contribution in [0.2, 0.25) is 0 Å². The van der Waals surface area contributed by atoms with E-state index in [1.807, 2.05) is 12.1 Å². The predicted molar refractivity (Wildman–Crippen MR) is 104 cm³/mol. The van der Waals surface area contributed by atoms with Gasteiger partial charge in [0, 0.05) is 22.5 Å². The summed E-state index contributed by atoms with van der Waals surface area (Å²) in [6.07, 6.45) is 3.21. The van der Waals surface area contributed by atoms with Crippen molar-refractivity contribution >= 4 is 22.7 Å². The van der Waals surface area contributed by atoms with Gasteiger partial charge in [-0.25, -0.2) is 4.79 Å². The van der Waals surface area contributed by atoms with Crippen molar-refractivity contribution < 1.29 is 14.3 Å². The van der Waals surface area contributed by atoms with Gasteiger partial charge in [-0.15, -0.1) is 0 Å². The highest BCUT2D eigenvalue weighted by atomic mass is 16.5. The molecule has 0 bridgehead atoms. The van der Waals surface area contributed by atoms with Crippen molar-refractivity contribution in [2.75, 3.05) is 6.61 Å². The average Bonchev–Trinajstić information content (AvgIpc) is 2.69. The molecule has 1 aromatic heterocycles. The summed E-state index contributed by atoms with van der Waals surface area (Å²) >= 11 is 0. The second-order valence-electron chi connectivity index (χ2n) is 6.39. The van der Waals surface area contributed by atoms with Gasteiger partial charge in [0.1, 0.15) is 0 Å². The second kappa shape index (κ2) is 8.45. The summed E-state index contributed by atoms with van der Waals surface area (Å²) in [7, 11) is 0. The number of aromatic nitrogens is 1. The summed E-state index contributed by atoms with van der Waals surface area (Å²) in [6.45, 7) is 1.77. The summed E-state index contributed by atoms with van der Waals surface area (Å²) in [6, 6.07) is 15.5. The van der Waals surface area contributed by atoms with Crippen LogP contribution in [-0.2, 0) is 11.2 Å². The molecule has 5 heteroatoms. The first-order chi connectivity index (χ1) is 13.1. The number of rotatable bonds is 7. The normalized spacial score (nSPS) is 10.7. The lowest BCUT2D eigenvalue weighted by molar-refractivity contribution is 0.0476. The zero-order chi connectivity index (χ0) is 19.2. The van der Waals surface area contributed by atoms with Crippen LogP contribution < -0.4 is 5.56 Å². The predicted octanol–water partition coefficient (Wildman–Crippen LogP) is 3.91. The molecule has 2 aromatic carbocycles. The minimum atomic E-state index is -0.690. The molecule has 0 spiro atoms. The highest BCUT2D eigenvalue weighted by Crippen LogP contribution is 2.16. The number of hydrogen-bond donors (Lipinski definition) is 1. The summed E-state index contributed by atoms with van der Waals surface area (Å²) < 4.78 is 5.16. The minimum Gasteiger partial charge on any atom is -0.454 e. The van der Waals surface area contributed by atoms with Gasteiger partial charge in [0.05, 0.1) is 5.56 Å². The fourth-order valence-corrected chi connectivity index (χ4v) is 2.90. The Bertz CT molecular complexity index is 1020. The van der Waals surface area contributed by atoms with Crippen LogP contribution in [0.15, 0.2) is 59.4 Å². The number of fused-ring (bicyclic) bond motifs is 1. The number of ketones is 1. The van der Waals surface area contributed by atoms with Crippen molar-refractivity contribution in [3.63, 3.8) is 0 Å². The molecule has 0 saturated carbocycles. The molecule has 5 nitrogen and oxygen atoms in total. The maximum Gasteiger partial charge on any atom is 0.339 e. The second-order valence-corrected chi connectivity index (χ2v) is 6.39. The fraction of sp³-hybridized carbons (Fsp3) is 0.227. The number of ether oxygens (including phenoxy) is 1. The van der Waals surface area contributed by atoms with Gasteiger partial charge >= 0.3 is 5.97 Å². The van der Waals surface area contributed by atoms with E-state index >= 15 is 0 Å². The number of Topliss-reactive ketones (excluding diaryl/α,β-unsaturated/α-hetero) is 1. The molecule has 0 saturated heterocycles. The van der Waals surface area contributed by atoms with Gasteiger partial charge in [0.25, 0.3) is 0 Å². The first-order valence-corrected chi connectivity index (χ1v) is 9.00. The van der Waals surface area contributed by atoms with E-state index in [4.69, 9.17) is 4.74 Å². The zero-order valence-corrected chi connectivity index (χ0v) is 15.2. The summed E-state index contributed by atoms with van der Waals surface area (Å²) in [5.74, 6) is -0.968. The van der Waals surface area contributed by atoms with Gasteiger partial charge in [-0.3, -0.25) is 9.59 Å². The Labute approximate surface area is 157 Å². The molecular formula is C22H21NO4. The number of benzene rings is 2. The van der Waals surface area contributed by atoms with Crippen LogP contribution in [0.3, 0.4) is 0 Å². The van der Waals surface area contributed by atoms with E-state index in [0.29, 0.717) is 16.5 Å². The Morgan fingerprint density at radius 1 is 1.04 bits per heavy atom.